The summed E-state index contributed by atoms with van der Waals surface area (Å²) in [4.78, 5) is 0.862. The summed E-state index contributed by atoms with van der Waals surface area (Å²) in [6, 6.07) is 5.41. The van der Waals surface area contributed by atoms with Crippen molar-refractivity contribution in [2.45, 2.75) is 11.5 Å². The third-order valence-corrected chi connectivity index (χ3v) is 3.14. The lowest BCUT2D eigenvalue weighted by molar-refractivity contribution is 0.279. The van der Waals surface area contributed by atoms with Gasteiger partial charge in [0.25, 0.3) is 0 Å². The number of aliphatic hydroxyl groups is 2. The average Bonchev–Trinajstić information content (AvgIpc) is 2.15. The summed E-state index contributed by atoms with van der Waals surface area (Å²) in [5.74, 6) is 0.594. The summed E-state index contributed by atoms with van der Waals surface area (Å²) in [5, 5.41) is 18.3. The zero-order chi connectivity index (χ0) is 9.68. The lowest BCUT2D eigenvalue weighted by Gasteiger charge is -2.07. The fourth-order valence-corrected chi connectivity index (χ4v) is 2.16. The molecule has 1 aromatic carbocycles. The Hall–Kier alpha value is -0.220. The van der Waals surface area contributed by atoms with Gasteiger partial charge in [0.2, 0.25) is 0 Å². The van der Waals surface area contributed by atoms with Gasteiger partial charge in [0.1, 0.15) is 0 Å². The number of hydrogen-bond acceptors (Lipinski definition) is 3. The van der Waals surface area contributed by atoms with E-state index in [4.69, 9.17) is 21.8 Å². The second-order valence-electron chi connectivity index (χ2n) is 2.46. The molecule has 0 unspecified atom stereocenters. The first kappa shape index (κ1) is 10.9. The molecule has 1 aromatic rings. The Kier molecular flexibility index (Phi) is 4.59. The Labute approximate surface area is 86.5 Å². The minimum absolute atomic E-state index is 0.0195. The topological polar surface area (TPSA) is 40.5 Å². The van der Waals surface area contributed by atoms with Gasteiger partial charge in [-0.1, -0.05) is 23.7 Å². The molecule has 1 rings (SSSR count). The van der Waals surface area contributed by atoms with E-state index in [1.165, 1.54) is 11.8 Å². The lowest BCUT2D eigenvalue weighted by Crippen LogP contribution is -1.91. The van der Waals surface area contributed by atoms with Gasteiger partial charge in [0.05, 0.1) is 18.2 Å². The van der Waals surface area contributed by atoms with Crippen molar-refractivity contribution in [1.82, 2.24) is 0 Å². The number of hydrogen-bond donors (Lipinski definition) is 2. The Balaban J connectivity index is 2.87. The molecule has 0 fully saturated rings. The molecule has 0 aliphatic carbocycles. The molecule has 0 saturated heterocycles. The normalized spacial score (nSPS) is 10.4. The van der Waals surface area contributed by atoms with Crippen LogP contribution < -0.4 is 0 Å². The van der Waals surface area contributed by atoms with Crippen LogP contribution in [0.2, 0.25) is 5.02 Å². The van der Waals surface area contributed by atoms with Gasteiger partial charge in [-0.2, -0.15) is 0 Å². The molecule has 2 N–H and O–H groups in total. The maximum absolute atomic E-state index is 9.01. The second kappa shape index (κ2) is 5.50. The average molecular weight is 219 g/mol. The highest BCUT2D eigenvalue weighted by atomic mass is 35.5. The Morgan fingerprint density at radius 1 is 1.31 bits per heavy atom. The Morgan fingerprint density at radius 3 is 2.69 bits per heavy atom. The molecule has 0 bridgehead atoms. The highest BCUT2D eigenvalue weighted by molar-refractivity contribution is 7.99. The Morgan fingerprint density at radius 2 is 2.08 bits per heavy atom. The van der Waals surface area contributed by atoms with Crippen LogP contribution >= 0.6 is 23.4 Å². The summed E-state index contributed by atoms with van der Waals surface area (Å²) in [6.07, 6.45) is 0. The van der Waals surface area contributed by atoms with Gasteiger partial charge in [-0.3, -0.25) is 0 Å². The van der Waals surface area contributed by atoms with Crippen molar-refractivity contribution in [2.75, 3.05) is 12.4 Å². The molecule has 0 aliphatic heterocycles. The van der Waals surface area contributed by atoms with E-state index in [-0.39, 0.29) is 13.2 Å². The van der Waals surface area contributed by atoms with Crippen LogP contribution in [0.3, 0.4) is 0 Å². The monoisotopic (exact) mass is 218 g/mol. The maximum atomic E-state index is 9.01. The third-order valence-electron chi connectivity index (χ3n) is 1.56. The van der Waals surface area contributed by atoms with Crippen molar-refractivity contribution in [3.05, 3.63) is 28.8 Å². The number of rotatable bonds is 4. The molecular formula is C9H11ClO2S. The molecule has 0 saturated carbocycles. The quantitative estimate of drug-likeness (QED) is 0.759. The van der Waals surface area contributed by atoms with E-state index < -0.39 is 0 Å². The van der Waals surface area contributed by atoms with Gasteiger partial charge in [-0.05, 0) is 11.6 Å². The van der Waals surface area contributed by atoms with E-state index in [9.17, 15) is 0 Å². The second-order valence-corrected chi connectivity index (χ2v) is 3.97. The highest BCUT2D eigenvalue weighted by Crippen LogP contribution is 2.30. The minimum atomic E-state index is -0.0195. The van der Waals surface area contributed by atoms with Crippen molar-refractivity contribution in [3.63, 3.8) is 0 Å². The van der Waals surface area contributed by atoms with Crippen molar-refractivity contribution < 1.29 is 10.2 Å². The summed E-state index contributed by atoms with van der Waals surface area (Å²) >= 11 is 7.39. The van der Waals surface area contributed by atoms with Crippen molar-refractivity contribution in [3.8, 4) is 0 Å². The molecule has 0 heterocycles. The molecule has 72 valence electrons. The zero-order valence-corrected chi connectivity index (χ0v) is 8.61. The fourth-order valence-electron chi connectivity index (χ4n) is 0.987. The van der Waals surface area contributed by atoms with E-state index in [0.717, 1.165) is 10.5 Å². The molecule has 2 nitrogen and oxygen atoms in total. The first-order valence-electron chi connectivity index (χ1n) is 3.91. The lowest BCUT2D eigenvalue weighted by atomic mass is 10.2. The zero-order valence-electron chi connectivity index (χ0n) is 7.03. The smallest absolute Gasteiger partial charge is 0.0693 e. The van der Waals surface area contributed by atoms with Crippen molar-refractivity contribution in [2.24, 2.45) is 0 Å². The Bertz CT molecular complexity index is 278. The number of thioether (sulfide) groups is 1. The first-order chi connectivity index (χ1) is 6.29. The van der Waals surface area contributed by atoms with Crippen LogP contribution in [0.4, 0.5) is 0 Å². The van der Waals surface area contributed by atoms with Gasteiger partial charge < -0.3 is 10.2 Å². The van der Waals surface area contributed by atoms with Gasteiger partial charge in [-0.15, -0.1) is 11.8 Å². The number of benzene rings is 1. The molecule has 0 spiro atoms. The fraction of sp³-hybridized carbons (Fsp3) is 0.333. The molecule has 0 atom stereocenters. The summed E-state index contributed by atoms with van der Waals surface area (Å²) < 4.78 is 0. The van der Waals surface area contributed by atoms with Gasteiger partial charge in [0, 0.05) is 10.6 Å². The summed E-state index contributed by atoms with van der Waals surface area (Å²) in [6.45, 7) is 0.0923. The van der Waals surface area contributed by atoms with Gasteiger partial charge in [0.15, 0.2) is 0 Å². The van der Waals surface area contributed by atoms with Crippen LogP contribution in [0.15, 0.2) is 23.1 Å². The molecule has 0 amide bonds. The summed E-state index contributed by atoms with van der Waals surface area (Å²) in [7, 11) is 0. The molecule has 4 heteroatoms. The van der Waals surface area contributed by atoms with Crippen LogP contribution in [-0.4, -0.2) is 22.6 Å². The predicted octanol–water partition coefficient (Wildman–Crippen LogP) is 1.92. The standard InChI is InChI=1S/C9H11ClO2S/c10-8-3-1-2-7(6-12)9(8)13-5-4-11/h1-3,11-12H,4-6H2. The molecular weight excluding hydrogens is 208 g/mol. The van der Waals surface area contributed by atoms with E-state index >= 15 is 0 Å². The van der Waals surface area contributed by atoms with Crippen molar-refractivity contribution >= 4 is 23.4 Å². The number of aliphatic hydroxyl groups excluding tert-OH is 2. The van der Waals surface area contributed by atoms with Crippen LogP contribution in [0.5, 0.6) is 0 Å². The largest absolute Gasteiger partial charge is 0.396 e. The van der Waals surface area contributed by atoms with E-state index in [1.807, 2.05) is 6.07 Å². The SMILES string of the molecule is OCCSc1c(Cl)cccc1CO. The van der Waals surface area contributed by atoms with Crippen LogP contribution in [0.25, 0.3) is 0 Å². The first-order valence-corrected chi connectivity index (χ1v) is 5.28. The van der Waals surface area contributed by atoms with E-state index in [0.29, 0.717) is 10.8 Å². The van der Waals surface area contributed by atoms with Gasteiger partial charge >= 0.3 is 0 Å². The maximum Gasteiger partial charge on any atom is 0.0693 e. The van der Waals surface area contributed by atoms with Crippen LogP contribution in [0, 0.1) is 0 Å². The van der Waals surface area contributed by atoms with Crippen LogP contribution in [-0.2, 0) is 6.61 Å². The third kappa shape index (κ3) is 2.88. The van der Waals surface area contributed by atoms with E-state index in [1.54, 1.807) is 12.1 Å². The molecule has 0 aromatic heterocycles. The highest BCUT2D eigenvalue weighted by Gasteiger charge is 2.05. The minimum Gasteiger partial charge on any atom is -0.396 e. The van der Waals surface area contributed by atoms with E-state index in [2.05, 4.69) is 0 Å². The summed E-state index contributed by atoms with van der Waals surface area (Å²) in [5.41, 5.74) is 0.811. The van der Waals surface area contributed by atoms with Crippen LogP contribution in [0.1, 0.15) is 5.56 Å². The molecule has 13 heavy (non-hydrogen) atoms. The predicted molar refractivity (Wildman–Crippen MR) is 55.2 cm³/mol. The number of halogens is 1. The van der Waals surface area contributed by atoms with Crippen molar-refractivity contribution in [1.29, 1.82) is 0 Å². The molecule has 0 aliphatic rings. The van der Waals surface area contributed by atoms with Gasteiger partial charge in [-0.25, -0.2) is 0 Å². The molecule has 0 radical (unpaired) electrons.